The van der Waals surface area contributed by atoms with Crippen LogP contribution in [0.25, 0.3) is 0 Å². The van der Waals surface area contributed by atoms with Crippen molar-refractivity contribution in [3.8, 4) is 5.75 Å². The van der Waals surface area contributed by atoms with Gasteiger partial charge in [-0.1, -0.05) is 6.07 Å². The third-order valence-electron chi connectivity index (χ3n) is 3.33. The number of ether oxygens (including phenoxy) is 1. The van der Waals surface area contributed by atoms with Crippen LogP contribution in [0.1, 0.15) is 18.5 Å². The molecule has 0 saturated carbocycles. The second-order valence-electron chi connectivity index (χ2n) is 5.27. The Balaban J connectivity index is 1.52. The minimum atomic E-state index is -0.261. The molecule has 0 atom stereocenters. The molecule has 0 fully saturated rings. The van der Waals surface area contributed by atoms with Crippen molar-refractivity contribution in [1.82, 2.24) is 10.3 Å². The molecule has 0 aliphatic heterocycles. The first-order chi connectivity index (χ1) is 11.7. The van der Waals surface area contributed by atoms with Crippen LogP contribution in [-0.4, -0.2) is 30.6 Å². The molecule has 0 radical (unpaired) electrons. The van der Waals surface area contributed by atoms with Gasteiger partial charge in [0, 0.05) is 31.4 Å². The maximum absolute atomic E-state index is 12.7. The van der Waals surface area contributed by atoms with E-state index in [2.05, 4.69) is 15.3 Å². The van der Waals surface area contributed by atoms with Crippen molar-refractivity contribution in [2.24, 2.45) is 10.7 Å². The van der Waals surface area contributed by atoms with Gasteiger partial charge >= 0.3 is 0 Å². The van der Waals surface area contributed by atoms with Crippen LogP contribution in [-0.2, 0) is 6.42 Å². The van der Waals surface area contributed by atoms with Crippen molar-refractivity contribution in [3.05, 3.63) is 60.2 Å². The van der Waals surface area contributed by atoms with E-state index in [1.54, 1.807) is 18.3 Å². The van der Waals surface area contributed by atoms with Gasteiger partial charge in [0.1, 0.15) is 11.6 Å². The molecule has 24 heavy (non-hydrogen) atoms. The Morgan fingerprint density at radius 2 is 2.00 bits per heavy atom. The van der Waals surface area contributed by atoms with Crippen molar-refractivity contribution in [2.45, 2.75) is 19.3 Å². The van der Waals surface area contributed by atoms with Gasteiger partial charge in [0.15, 0.2) is 5.96 Å². The number of pyridine rings is 1. The Morgan fingerprint density at radius 3 is 2.75 bits per heavy atom. The standard InChI is InChI=1S/C18H23FN4O/c19-15-6-8-17(9-7-15)24-14-4-3-12-22-18(20)23-13-10-16-5-1-2-11-21-16/h1-2,5-9,11H,3-4,10,12-14H2,(H3,20,22,23). The molecule has 0 aliphatic rings. The molecule has 2 rings (SSSR count). The second kappa shape index (κ2) is 10.2. The highest BCUT2D eigenvalue weighted by Crippen LogP contribution is 2.11. The Labute approximate surface area is 141 Å². The van der Waals surface area contributed by atoms with Crippen LogP contribution < -0.4 is 15.8 Å². The van der Waals surface area contributed by atoms with Gasteiger partial charge in [-0.05, 0) is 49.2 Å². The van der Waals surface area contributed by atoms with E-state index in [-0.39, 0.29) is 5.82 Å². The number of unbranched alkanes of at least 4 members (excludes halogenated alkanes) is 1. The molecular formula is C18H23FN4O. The highest BCUT2D eigenvalue weighted by atomic mass is 19.1. The number of nitrogens with zero attached hydrogens (tertiary/aromatic N) is 2. The highest BCUT2D eigenvalue weighted by molar-refractivity contribution is 5.77. The summed E-state index contributed by atoms with van der Waals surface area (Å²) in [5.74, 6) is 0.865. The van der Waals surface area contributed by atoms with E-state index < -0.39 is 0 Å². The van der Waals surface area contributed by atoms with Gasteiger partial charge < -0.3 is 15.8 Å². The van der Waals surface area contributed by atoms with E-state index in [0.717, 1.165) is 25.0 Å². The lowest BCUT2D eigenvalue weighted by Gasteiger charge is -2.06. The fourth-order valence-corrected chi connectivity index (χ4v) is 2.05. The molecule has 0 unspecified atom stereocenters. The van der Waals surface area contributed by atoms with Gasteiger partial charge in [-0.3, -0.25) is 9.98 Å². The van der Waals surface area contributed by atoms with Gasteiger partial charge in [0.2, 0.25) is 0 Å². The lowest BCUT2D eigenvalue weighted by molar-refractivity contribution is 0.307. The zero-order chi connectivity index (χ0) is 17.0. The third-order valence-corrected chi connectivity index (χ3v) is 3.33. The first kappa shape index (κ1) is 17.7. The summed E-state index contributed by atoms with van der Waals surface area (Å²) in [5.41, 5.74) is 6.83. The summed E-state index contributed by atoms with van der Waals surface area (Å²) >= 11 is 0. The van der Waals surface area contributed by atoms with Crippen LogP contribution in [0.2, 0.25) is 0 Å². The fourth-order valence-electron chi connectivity index (χ4n) is 2.05. The van der Waals surface area contributed by atoms with Crippen LogP contribution in [0, 0.1) is 5.82 Å². The number of benzene rings is 1. The van der Waals surface area contributed by atoms with Crippen LogP contribution in [0.4, 0.5) is 4.39 Å². The summed E-state index contributed by atoms with van der Waals surface area (Å²) in [6.45, 7) is 1.93. The summed E-state index contributed by atoms with van der Waals surface area (Å²) in [6, 6.07) is 11.9. The predicted molar refractivity (Wildman–Crippen MR) is 93.6 cm³/mol. The summed E-state index contributed by atoms with van der Waals surface area (Å²) in [6.07, 6.45) is 4.33. The van der Waals surface area contributed by atoms with E-state index in [4.69, 9.17) is 10.5 Å². The third kappa shape index (κ3) is 7.09. The number of hydrogen-bond donors (Lipinski definition) is 2. The molecule has 0 aliphatic carbocycles. The SMILES string of the molecule is NC(=NCCCCOc1ccc(F)cc1)NCCc1ccccn1. The van der Waals surface area contributed by atoms with E-state index in [1.807, 2.05) is 18.2 Å². The minimum absolute atomic E-state index is 0.261. The van der Waals surface area contributed by atoms with Gasteiger partial charge in [0.05, 0.1) is 6.61 Å². The molecule has 1 heterocycles. The summed E-state index contributed by atoms with van der Waals surface area (Å²) in [5, 5.41) is 3.07. The molecule has 2 aromatic rings. The first-order valence-electron chi connectivity index (χ1n) is 8.06. The number of aromatic nitrogens is 1. The molecule has 6 heteroatoms. The minimum Gasteiger partial charge on any atom is -0.494 e. The summed E-state index contributed by atoms with van der Waals surface area (Å²) < 4.78 is 18.3. The monoisotopic (exact) mass is 330 g/mol. The zero-order valence-electron chi connectivity index (χ0n) is 13.6. The smallest absolute Gasteiger partial charge is 0.188 e. The van der Waals surface area contributed by atoms with E-state index in [0.29, 0.717) is 31.4 Å². The average Bonchev–Trinajstić information content (AvgIpc) is 2.60. The number of nitrogens with one attached hydrogen (secondary N) is 1. The van der Waals surface area contributed by atoms with Gasteiger partial charge in [-0.15, -0.1) is 0 Å². The maximum atomic E-state index is 12.7. The van der Waals surface area contributed by atoms with Gasteiger partial charge in [-0.25, -0.2) is 4.39 Å². The fraction of sp³-hybridized carbons (Fsp3) is 0.333. The maximum Gasteiger partial charge on any atom is 0.188 e. The lowest BCUT2D eigenvalue weighted by atomic mass is 10.3. The van der Waals surface area contributed by atoms with Crippen molar-refractivity contribution in [1.29, 1.82) is 0 Å². The topological polar surface area (TPSA) is 72.5 Å². The van der Waals surface area contributed by atoms with E-state index >= 15 is 0 Å². The molecule has 1 aromatic heterocycles. The Hall–Kier alpha value is -2.63. The Morgan fingerprint density at radius 1 is 1.17 bits per heavy atom. The van der Waals surface area contributed by atoms with Gasteiger partial charge in [-0.2, -0.15) is 0 Å². The van der Waals surface area contributed by atoms with Crippen molar-refractivity contribution in [2.75, 3.05) is 19.7 Å². The largest absolute Gasteiger partial charge is 0.494 e. The number of nitrogens with two attached hydrogens (primary N) is 1. The molecule has 128 valence electrons. The number of rotatable bonds is 9. The van der Waals surface area contributed by atoms with Crippen molar-refractivity contribution >= 4 is 5.96 Å². The second-order valence-corrected chi connectivity index (χ2v) is 5.27. The number of hydrogen-bond acceptors (Lipinski definition) is 3. The summed E-state index contributed by atoms with van der Waals surface area (Å²) in [7, 11) is 0. The van der Waals surface area contributed by atoms with Crippen LogP contribution in [0.5, 0.6) is 5.75 Å². The Kier molecular flexibility index (Phi) is 7.53. The zero-order valence-corrected chi connectivity index (χ0v) is 13.6. The number of guanidine groups is 1. The van der Waals surface area contributed by atoms with Crippen molar-refractivity contribution < 1.29 is 9.13 Å². The van der Waals surface area contributed by atoms with Crippen molar-refractivity contribution in [3.63, 3.8) is 0 Å². The number of aliphatic imine (C=N–C) groups is 1. The number of halogens is 1. The molecular weight excluding hydrogens is 307 g/mol. The molecule has 3 N–H and O–H groups in total. The lowest BCUT2D eigenvalue weighted by Crippen LogP contribution is -2.33. The molecule has 0 bridgehead atoms. The van der Waals surface area contributed by atoms with Crippen LogP contribution >= 0.6 is 0 Å². The van der Waals surface area contributed by atoms with Crippen LogP contribution in [0.15, 0.2) is 53.7 Å². The van der Waals surface area contributed by atoms with E-state index in [9.17, 15) is 4.39 Å². The van der Waals surface area contributed by atoms with Crippen LogP contribution in [0.3, 0.4) is 0 Å². The predicted octanol–water partition coefficient (Wildman–Crippen LogP) is 2.53. The summed E-state index contributed by atoms with van der Waals surface area (Å²) in [4.78, 5) is 8.52. The molecule has 5 nitrogen and oxygen atoms in total. The molecule has 0 saturated heterocycles. The van der Waals surface area contributed by atoms with E-state index in [1.165, 1.54) is 12.1 Å². The Bertz CT molecular complexity index is 617. The quantitative estimate of drug-likeness (QED) is 0.421. The highest BCUT2D eigenvalue weighted by Gasteiger charge is 1.96. The average molecular weight is 330 g/mol. The molecule has 0 spiro atoms. The first-order valence-corrected chi connectivity index (χ1v) is 8.06. The molecule has 0 amide bonds. The normalized spacial score (nSPS) is 11.3. The van der Waals surface area contributed by atoms with Gasteiger partial charge in [0.25, 0.3) is 0 Å². The molecule has 1 aromatic carbocycles.